The zero-order valence-electron chi connectivity index (χ0n) is 8.01. The van der Waals surface area contributed by atoms with Crippen molar-refractivity contribution in [1.82, 2.24) is 4.98 Å². The van der Waals surface area contributed by atoms with Crippen molar-refractivity contribution in [2.45, 2.75) is 0 Å². The molecular weight excluding hydrogens is 192 g/mol. The minimum atomic E-state index is -0.538. The molecule has 4 nitrogen and oxygen atoms in total. The van der Waals surface area contributed by atoms with Gasteiger partial charge in [-0.2, -0.15) is 0 Å². The van der Waals surface area contributed by atoms with Crippen molar-refractivity contribution in [2.24, 2.45) is 0 Å². The van der Waals surface area contributed by atoms with Gasteiger partial charge in [0.2, 0.25) is 0 Å². The molecule has 0 aliphatic carbocycles. The Bertz CT molecular complexity index is 378. The Morgan fingerprint density at radius 3 is 2.33 bits per heavy atom. The van der Waals surface area contributed by atoms with Crippen molar-refractivity contribution in [3.63, 3.8) is 0 Å². The molecule has 1 rings (SSSR count). The van der Waals surface area contributed by atoms with Gasteiger partial charge in [0.05, 0.1) is 5.69 Å². The van der Waals surface area contributed by atoms with Crippen LogP contribution in [0.25, 0.3) is 0 Å². The number of carbonyl (C=O) groups excluding carboxylic acids is 2. The van der Waals surface area contributed by atoms with Gasteiger partial charge < -0.3 is 0 Å². The number of pyridine rings is 1. The second-order valence-electron chi connectivity index (χ2n) is 2.55. The maximum atomic E-state index is 11.4. The summed E-state index contributed by atoms with van der Waals surface area (Å²) in [4.78, 5) is 27.4. The summed E-state index contributed by atoms with van der Waals surface area (Å²) in [5, 5.41) is 0. The first-order chi connectivity index (χ1) is 7.20. The van der Waals surface area contributed by atoms with Crippen LogP contribution in [-0.4, -0.2) is 16.8 Å². The smallest absolute Gasteiger partial charge is 0.257 e. The number of rotatable bonds is 3. The quantitative estimate of drug-likeness (QED) is 0.688. The fourth-order valence-electron chi connectivity index (χ4n) is 0.971. The number of hydrogen-bond acceptors (Lipinski definition) is 3. The SMILES string of the molecule is C=CC(=O)N(C(=O)C=C)c1[c]nccc1. The van der Waals surface area contributed by atoms with Crippen LogP contribution in [0.4, 0.5) is 5.69 Å². The van der Waals surface area contributed by atoms with E-state index in [4.69, 9.17) is 0 Å². The Hall–Kier alpha value is -2.23. The fourth-order valence-corrected chi connectivity index (χ4v) is 0.971. The highest BCUT2D eigenvalue weighted by atomic mass is 16.2. The van der Waals surface area contributed by atoms with Crippen molar-refractivity contribution >= 4 is 17.5 Å². The predicted octanol–water partition coefficient (Wildman–Crippen LogP) is 1.11. The zero-order chi connectivity index (χ0) is 11.3. The molecule has 0 aliphatic heterocycles. The topological polar surface area (TPSA) is 50.3 Å². The van der Waals surface area contributed by atoms with Crippen molar-refractivity contribution < 1.29 is 9.59 Å². The Labute approximate surface area is 87.5 Å². The minimum absolute atomic E-state index is 0.271. The molecule has 0 atom stereocenters. The van der Waals surface area contributed by atoms with E-state index in [1.807, 2.05) is 0 Å². The molecule has 0 bridgehead atoms. The first-order valence-corrected chi connectivity index (χ1v) is 4.16. The molecule has 0 aromatic carbocycles. The van der Waals surface area contributed by atoms with Gasteiger partial charge in [-0.15, -0.1) is 0 Å². The summed E-state index contributed by atoms with van der Waals surface area (Å²) in [5.74, 6) is -1.08. The third-order valence-corrected chi connectivity index (χ3v) is 1.62. The predicted molar refractivity (Wildman–Crippen MR) is 56.0 cm³/mol. The molecule has 0 spiro atoms. The van der Waals surface area contributed by atoms with Crippen LogP contribution < -0.4 is 4.90 Å². The molecule has 1 heterocycles. The van der Waals surface area contributed by atoms with E-state index in [-0.39, 0.29) is 5.69 Å². The number of hydrogen-bond donors (Lipinski definition) is 0. The van der Waals surface area contributed by atoms with E-state index in [2.05, 4.69) is 24.3 Å². The van der Waals surface area contributed by atoms with Crippen LogP contribution in [0, 0.1) is 6.20 Å². The monoisotopic (exact) mass is 201 g/mol. The molecule has 4 heteroatoms. The molecule has 2 amide bonds. The van der Waals surface area contributed by atoms with E-state index >= 15 is 0 Å². The Kier molecular flexibility index (Phi) is 3.51. The summed E-state index contributed by atoms with van der Waals surface area (Å²) in [6.45, 7) is 6.62. The Balaban J connectivity index is 3.12. The van der Waals surface area contributed by atoms with Crippen molar-refractivity contribution in [2.75, 3.05) is 4.90 Å². The van der Waals surface area contributed by atoms with E-state index in [0.717, 1.165) is 17.1 Å². The first-order valence-electron chi connectivity index (χ1n) is 4.16. The van der Waals surface area contributed by atoms with Gasteiger partial charge in [0.15, 0.2) is 0 Å². The lowest BCUT2D eigenvalue weighted by atomic mass is 10.3. The first kappa shape index (κ1) is 10.8. The standard InChI is InChI=1S/C11H9N2O2/c1-3-10(14)13(11(15)4-2)9-6-5-7-12-8-9/h3-7H,1-2H2. The highest BCUT2D eigenvalue weighted by Crippen LogP contribution is 2.12. The van der Waals surface area contributed by atoms with Crippen molar-refractivity contribution in [3.05, 3.63) is 49.8 Å². The third-order valence-electron chi connectivity index (χ3n) is 1.62. The van der Waals surface area contributed by atoms with Gasteiger partial charge in [-0.05, 0) is 24.3 Å². The van der Waals surface area contributed by atoms with Crippen LogP contribution in [0.2, 0.25) is 0 Å². The molecule has 0 aliphatic rings. The van der Waals surface area contributed by atoms with E-state index in [9.17, 15) is 9.59 Å². The number of amides is 2. The normalized spacial score (nSPS) is 9.07. The van der Waals surface area contributed by atoms with Crippen LogP contribution in [0.5, 0.6) is 0 Å². The Morgan fingerprint density at radius 2 is 1.93 bits per heavy atom. The molecule has 1 aromatic rings. The molecule has 0 N–H and O–H groups in total. The van der Waals surface area contributed by atoms with Gasteiger partial charge >= 0.3 is 0 Å². The van der Waals surface area contributed by atoms with E-state index in [0.29, 0.717) is 0 Å². The summed E-state index contributed by atoms with van der Waals surface area (Å²) in [6, 6.07) is 3.15. The van der Waals surface area contributed by atoms with Gasteiger partial charge in [0.1, 0.15) is 6.20 Å². The molecule has 1 aromatic heterocycles. The summed E-state index contributed by atoms with van der Waals surface area (Å²) >= 11 is 0. The number of aromatic nitrogens is 1. The van der Waals surface area contributed by atoms with Crippen molar-refractivity contribution in [3.8, 4) is 0 Å². The minimum Gasteiger partial charge on any atom is -0.269 e. The van der Waals surface area contributed by atoms with Gasteiger partial charge in [0, 0.05) is 6.20 Å². The number of imide groups is 1. The summed E-state index contributed by atoms with van der Waals surface area (Å²) in [5.41, 5.74) is 0.271. The summed E-state index contributed by atoms with van der Waals surface area (Å²) in [7, 11) is 0. The molecule has 0 saturated heterocycles. The van der Waals surface area contributed by atoms with Gasteiger partial charge in [-0.3, -0.25) is 14.6 Å². The molecule has 75 valence electrons. The van der Waals surface area contributed by atoms with Gasteiger partial charge in [-0.25, -0.2) is 4.90 Å². The molecule has 0 unspecified atom stereocenters. The molecule has 0 saturated carbocycles. The average Bonchev–Trinajstić information content (AvgIpc) is 2.30. The van der Waals surface area contributed by atoms with Gasteiger partial charge in [-0.1, -0.05) is 13.2 Å². The molecule has 15 heavy (non-hydrogen) atoms. The average molecular weight is 201 g/mol. The highest BCUT2D eigenvalue weighted by Gasteiger charge is 2.18. The van der Waals surface area contributed by atoms with Crippen LogP contribution in [0.3, 0.4) is 0 Å². The molecule has 1 radical (unpaired) electrons. The van der Waals surface area contributed by atoms with Crippen LogP contribution >= 0.6 is 0 Å². The number of nitrogens with zero attached hydrogens (tertiary/aromatic N) is 2. The van der Waals surface area contributed by atoms with E-state index in [1.54, 1.807) is 12.1 Å². The lowest BCUT2D eigenvalue weighted by molar-refractivity contribution is -0.121. The fraction of sp³-hybridized carbons (Fsp3) is 0. The maximum Gasteiger partial charge on any atom is 0.257 e. The zero-order valence-corrected chi connectivity index (χ0v) is 8.01. The number of carbonyl (C=O) groups is 2. The lowest BCUT2D eigenvalue weighted by Crippen LogP contribution is -2.34. The lowest BCUT2D eigenvalue weighted by Gasteiger charge is -2.16. The maximum absolute atomic E-state index is 11.4. The van der Waals surface area contributed by atoms with Crippen LogP contribution in [0.15, 0.2) is 43.6 Å². The van der Waals surface area contributed by atoms with Crippen LogP contribution in [0.1, 0.15) is 0 Å². The largest absolute Gasteiger partial charge is 0.269 e. The highest BCUT2D eigenvalue weighted by molar-refractivity contribution is 6.21. The third kappa shape index (κ3) is 2.37. The van der Waals surface area contributed by atoms with Crippen LogP contribution in [-0.2, 0) is 9.59 Å². The van der Waals surface area contributed by atoms with E-state index in [1.165, 1.54) is 6.20 Å². The van der Waals surface area contributed by atoms with E-state index < -0.39 is 11.8 Å². The summed E-state index contributed by atoms with van der Waals surface area (Å²) < 4.78 is 0. The summed E-state index contributed by atoms with van der Waals surface area (Å²) in [6.07, 6.45) is 6.12. The molecule has 0 fully saturated rings. The van der Waals surface area contributed by atoms with Crippen molar-refractivity contribution in [1.29, 1.82) is 0 Å². The number of anilines is 1. The van der Waals surface area contributed by atoms with Gasteiger partial charge in [0.25, 0.3) is 11.8 Å². The molecular formula is C11H9N2O2. The Morgan fingerprint density at radius 1 is 1.33 bits per heavy atom. The second-order valence-corrected chi connectivity index (χ2v) is 2.55. The second kappa shape index (κ2) is 4.85.